The highest BCUT2D eigenvalue weighted by molar-refractivity contribution is 6.15. The van der Waals surface area contributed by atoms with Gasteiger partial charge in [0.05, 0.1) is 22.1 Å². The van der Waals surface area contributed by atoms with Crippen LogP contribution >= 0.6 is 0 Å². The van der Waals surface area contributed by atoms with E-state index in [2.05, 4.69) is 156 Å². The summed E-state index contributed by atoms with van der Waals surface area (Å²) in [5.41, 5.74) is 13.7. The third-order valence-electron chi connectivity index (χ3n) is 12.3. The summed E-state index contributed by atoms with van der Waals surface area (Å²) in [5.74, 6) is 1.69. The standard InChI is InChI=1S/C57H34N4O2/c1-3-13-35(14-4-1)36-25-27-37(28-26-36)41-19-11-23-49-53(41)44-31-29-39(33-51(44)62-49)56-58-55(38-15-5-2-6-16-38)59-57(60-56)40-30-32-45-52(34-40)63-50-24-12-22-48(54(45)50)61-46-20-9-7-17-42(46)43-18-8-10-21-47(43)61/h1-34H. The highest BCUT2D eigenvalue weighted by Gasteiger charge is 2.20. The van der Waals surface area contributed by atoms with Crippen LogP contribution in [0.3, 0.4) is 0 Å². The zero-order chi connectivity index (χ0) is 41.4. The van der Waals surface area contributed by atoms with E-state index in [0.29, 0.717) is 17.5 Å². The minimum atomic E-state index is 0.551. The predicted molar refractivity (Wildman–Crippen MR) is 256 cm³/mol. The first kappa shape index (κ1) is 35.2. The van der Waals surface area contributed by atoms with Crippen molar-refractivity contribution in [2.24, 2.45) is 0 Å². The predicted octanol–water partition coefficient (Wildman–Crippen LogP) is 15.1. The van der Waals surface area contributed by atoms with Crippen LogP contribution in [0.25, 0.3) is 128 Å². The Hall–Kier alpha value is -8.61. The molecule has 0 spiro atoms. The lowest BCUT2D eigenvalue weighted by atomic mass is 9.96. The van der Waals surface area contributed by atoms with Crippen molar-refractivity contribution in [3.8, 4) is 62.1 Å². The normalized spacial score (nSPS) is 11.8. The first-order chi connectivity index (χ1) is 31.2. The molecule has 4 aromatic heterocycles. The minimum absolute atomic E-state index is 0.551. The topological polar surface area (TPSA) is 69.9 Å². The summed E-state index contributed by atoms with van der Waals surface area (Å²) in [4.78, 5) is 15.3. The number of benzene rings is 9. The van der Waals surface area contributed by atoms with Gasteiger partial charge < -0.3 is 13.4 Å². The molecule has 0 radical (unpaired) electrons. The molecule has 9 aromatic carbocycles. The van der Waals surface area contributed by atoms with Crippen molar-refractivity contribution in [2.45, 2.75) is 0 Å². The van der Waals surface area contributed by atoms with Crippen molar-refractivity contribution in [3.05, 3.63) is 206 Å². The van der Waals surface area contributed by atoms with Crippen molar-refractivity contribution < 1.29 is 8.83 Å². The van der Waals surface area contributed by atoms with E-state index in [0.717, 1.165) is 88.4 Å². The van der Waals surface area contributed by atoms with Crippen LogP contribution in [0.1, 0.15) is 0 Å². The molecule has 0 amide bonds. The molecule has 0 saturated heterocycles. The Balaban J connectivity index is 0.928. The molecule has 0 aliphatic carbocycles. The number of rotatable bonds is 6. The number of aromatic nitrogens is 4. The largest absolute Gasteiger partial charge is 0.456 e. The number of fused-ring (bicyclic) bond motifs is 9. The van der Waals surface area contributed by atoms with Crippen molar-refractivity contribution >= 4 is 65.7 Å². The molecule has 0 saturated carbocycles. The average molecular weight is 807 g/mol. The van der Waals surface area contributed by atoms with Crippen LogP contribution in [-0.2, 0) is 0 Å². The Morgan fingerprint density at radius 1 is 0.302 bits per heavy atom. The van der Waals surface area contributed by atoms with Gasteiger partial charge in [-0.05, 0) is 76.9 Å². The first-order valence-corrected chi connectivity index (χ1v) is 21.1. The summed E-state index contributed by atoms with van der Waals surface area (Å²) in [6.45, 7) is 0. The molecule has 6 heteroatoms. The Morgan fingerprint density at radius 3 is 1.38 bits per heavy atom. The van der Waals surface area contributed by atoms with Gasteiger partial charge in [-0.25, -0.2) is 15.0 Å². The lowest BCUT2D eigenvalue weighted by Gasteiger charge is -2.10. The van der Waals surface area contributed by atoms with Gasteiger partial charge in [-0.15, -0.1) is 0 Å². The lowest BCUT2D eigenvalue weighted by Crippen LogP contribution is -2.00. The number of furan rings is 2. The molecule has 294 valence electrons. The number of nitrogens with zero attached hydrogens (tertiary/aromatic N) is 4. The van der Waals surface area contributed by atoms with E-state index in [9.17, 15) is 0 Å². The SMILES string of the molecule is c1ccc(-c2ccc(-c3cccc4oc5cc(-c6nc(-c7ccccc7)nc(-c7ccc8c(c7)oc7cccc(-n9c%10ccccc%10c%10ccccc%109)c78)n6)ccc5c34)cc2)cc1. The van der Waals surface area contributed by atoms with Crippen LogP contribution in [-0.4, -0.2) is 19.5 Å². The van der Waals surface area contributed by atoms with Gasteiger partial charge >= 0.3 is 0 Å². The van der Waals surface area contributed by atoms with Gasteiger partial charge in [-0.3, -0.25) is 0 Å². The molecule has 0 bridgehead atoms. The Labute approximate surface area is 361 Å². The lowest BCUT2D eigenvalue weighted by molar-refractivity contribution is 0.668. The first-order valence-electron chi connectivity index (χ1n) is 21.1. The summed E-state index contributed by atoms with van der Waals surface area (Å²) in [6.07, 6.45) is 0. The maximum absolute atomic E-state index is 6.65. The molecule has 4 heterocycles. The van der Waals surface area contributed by atoms with Gasteiger partial charge in [0.2, 0.25) is 0 Å². The summed E-state index contributed by atoms with van der Waals surface area (Å²) < 4.78 is 15.6. The smallest absolute Gasteiger partial charge is 0.164 e. The molecule has 0 unspecified atom stereocenters. The summed E-state index contributed by atoms with van der Waals surface area (Å²) in [5, 5.41) is 6.62. The van der Waals surface area contributed by atoms with Gasteiger partial charge in [-0.2, -0.15) is 0 Å². The van der Waals surface area contributed by atoms with Crippen LogP contribution in [0.2, 0.25) is 0 Å². The third-order valence-corrected chi connectivity index (χ3v) is 12.3. The minimum Gasteiger partial charge on any atom is -0.456 e. The molecule has 0 N–H and O–H groups in total. The van der Waals surface area contributed by atoms with E-state index in [1.54, 1.807) is 0 Å². The molecular formula is C57H34N4O2. The molecule has 0 aliphatic heterocycles. The fourth-order valence-electron chi connectivity index (χ4n) is 9.34. The van der Waals surface area contributed by atoms with Crippen molar-refractivity contribution in [1.29, 1.82) is 0 Å². The zero-order valence-electron chi connectivity index (χ0n) is 33.7. The van der Waals surface area contributed by atoms with Crippen LogP contribution in [0.5, 0.6) is 0 Å². The van der Waals surface area contributed by atoms with E-state index < -0.39 is 0 Å². The molecule has 6 nitrogen and oxygen atoms in total. The monoisotopic (exact) mass is 806 g/mol. The second kappa shape index (κ2) is 14.0. The number of hydrogen-bond acceptors (Lipinski definition) is 5. The van der Waals surface area contributed by atoms with Crippen LogP contribution in [0.15, 0.2) is 215 Å². The van der Waals surface area contributed by atoms with Crippen LogP contribution in [0.4, 0.5) is 0 Å². The highest BCUT2D eigenvalue weighted by atomic mass is 16.3. The van der Waals surface area contributed by atoms with Gasteiger partial charge in [0.25, 0.3) is 0 Å². The van der Waals surface area contributed by atoms with Gasteiger partial charge in [-0.1, -0.05) is 152 Å². The molecule has 0 aliphatic rings. The molecule has 0 atom stereocenters. The van der Waals surface area contributed by atoms with Gasteiger partial charge in [0, 0.05) is 43.6 Å². The van der Waals surface area contributed by atoms with Crippen LogP contribution in [0, 0.1) is 0 Å². The Kier molecular flexibility index (Phi) is 7.80. The Morgan fingerprint density at radius 2 is 0.762 bits per heavy atom. The second-order valence-corrected chi connectivity index (χ2v) is 15.9. The summed E-state index contributed by atoms with van der Waals surface area (Å²) in [7, 11) is 0. The second-order valence-electron chi connectivity index (χ2n) is 15.9. The highest BCUT2D eigenvalue weighted by Crippen LogP contribution is 2.41. The fraction of sp³-hybridized carbons (Fsp3) is 0. The van der Waals surface area contributed by atoms with Crippen molar-refractivity contribution in [1.82, 2.24) is 19.5 Å². The maximum atomic E-state index is 6.65. The quantitative estimate of drug-likeness (QED) is 0.167. The van der Waals surface area contributed by atoms with Gasteiger partial charge in [0.15, 0.2) is 17.5 Å². The fourth-order valence-corrected chi connectivity index (χ4v) is 9.34. The molecule has 13 rings (SSSR count). The third kappa shape index (κ3) is 5.69. The maximum Gasteiger partial charge on any atom is 0.164 e. The summed E-state index contributed by atoms with van der Waals surface area (Å²) >= 11 is 0. The van der Waals surface area contributed by atoms with Crippen LogP contribution < -0.4 is 0 Å². The molecule has 63 heavy (non-hydrogen) atoms. The van der Waals surface area contributed by atoms with E-state index in [-0.39, 0.29) is 0 Å². The van der Waals surface area contributed by atoms with Crippen molar-refractivity contribution in [2.75, 3.05) is 0 Å². The van der Waals surface area contributed by atoms with E-state index >= 15 is 0 Å². The average Bonchev–Trinajstić information content (AvgIpc) is 4.04. The van der Waals surface area contributed by atoms with E-state index in [4.69, 9.17) is 23.8 Å². The Bertz CT molecular complexity index is 3850. The summed E-state index contributed by atoms with van der Waals surface area (Å²) in [6, 6.07) is 71.5. The number of hydrogen-bond donors (Lipinski definition) is 0. The molecule has 13 aromatic rings. The zero-order valence-corrected chi connectivity index (χ0v) is 33.7. The number of para-hydroxylation sites is 2. The van der Waals surface area contributed by atoms with Gasteiger partial charge in [0.1, 0.15) is 22.3 Å². The van der Waals surface area contributed by atoms with E-state index in [1.165, 1.54) is 21.9 Å². The molecular weight excluding hydrogens is 773 g/mol. The van der Waals surface area contributed by atoms with E-state index in [1.807, 2.05) is 54.6 Å². The molecule has 0 fully saturated rings. The van der Waals surface area contributed by atoms with Crippen molar-refractivity contribution in [3.63, 3.8) is 0 Å².